The maximum atomic E-state index is 12.7. The molecule has 1 heterocycles. The Kier molecular flexibility index (Phi) is 5.47. The van der Waals surface area contributed by atoms with E-state index in [-0.39, 0.29) is 12.2 Å². The van der Waals surface area contributed by atoms with Gasteiger partial charge in [0.2, 0.25) is 10.0 Å². The Bertz CT molecular complexity index is 605. The average molecular weight is 327 g/mol. The fraction of sp³-hybridized carbons (Fsp3) is 0.625. The SMILES string of the molecule is COc1ccc(S(=O)(=O)N2CCC(OC(C)C)CC2)cc1C. The zero-order chi connectivity index (χ0) is 16.3. The average Bonchev–Trinajstić information content (AvgIpc) is 2.47. The smallest absolute Gasteiger partial charge is 0.243 e. The Morgan fingerprint density at radius 2 is 1.86 bits per heavy atom. The lowest BCUT2D eigenvalue weighted by atomic mass is 10.1. The number of piperidine rings is 1. The number of rotatable bonds is 5. The van der Waals surface area contributed by atoms with E-state index < -0.39 is 10.0 Å². The van der Waals surface area contributed by atoms with Crippen LogP contribution in [0.4, 0.5) is 0 Å². The predicted octanol–water partition coefficient (Wildman–Crippen LogP) is 2.58. The van der Waals surface area contributed by atoms with E-state index in [4.69, 9.17) is 9.47 Å². The molecule has 0 aromatic heterocycles. The number of hydrogen-bond donors (Lipinski definition) is 0. The molecule has 0 saturated carbocycles. The first-order chi connectivity index (χ1) is 10.3. The van der Waals surface area contributed by atoms with Crippen molar-refractivity contribution in [1.29, 1.82) is 0 Å². The van der Waals surface area contributed by atoms with E-state index in [2.05, 4.69) is 0 Å². The first kappa shape index (κ1) is 17.2. The second-order valence-electron chi connectivity index (χ2n) is 5.92. The van der Waals surface area contributed by atoms with Gasteiger partial charge in [-0.05, 0) is 57.4 Å². The van der Waals surface area contributed by atoms with Crippen LogP contribution in [0.3, 0.4) is 0 Å². The molecule has 0 amide bonds. The number of hydrogen-bond acceptors (Lipinski definition) is 4. The van der Waals surface area contributed by atoms with E-state index in [0.29, 0.717) is 23.7 Å². The van der Waals surface area contributed by atoms with Gasteiger partial charge < -0.3 is 9.47 Å². The van der Waals surface area contributed by atoms with Crippen molar-refractivity contribution in [1.82, 2.24) is 4.31 Å². The summed E-state index contributed by atoms with van der Waals surface area (Å²) in [5.74, 6) is 0.697. The summed E-state index contributed by atoms with van der Waals surface area (Å²) in [6, 6.07) is 4.99. The van der Waals surface area contributed by atoms with E-state index in [9.17, 15) is 8.42 Å². The van der Waals surface area contributed by atoms with Crippen molar-refractivity contribution in [2.24, 2.45) is 0 Å². The van der Waals surface area contributed by atoms with Gasteiger partial charge in [-0.15, -0.1) is 0 Å². The summed E-state index contributed by atoms with van der Waals surface area (Å²) in [5, 5.41) is 0. The lowest BCUT2D eigenvalue weighted by Gasteiger charge is -2.32. The number of ether oxygens (including phenoxy) is 2. The van der Waals surface area contributed by atoms with Gasteiger partial charge in [0.1, 0.15) is 5.75 Å². The number of nitrogens with zero attached hydrogens (tertiary/aromatic N) is 1. The highest BCUT2D eigenvalue weighted by molar-refractivity contribution is 7.89. The minimum Gasteiger partial charge on any atom is -0.496 e. The largest absolute Gasteiger partial charge is 0.496 e. The summed E-state index contributed by atoms with van der Waals surface area (Å²) in [4.78, 5) is 0.328. The number of methoxy groups -OCH3 is 1. The molecule has 1 aromatic rings. The summed E-state index contributed by atoms with van der Waals surface area (Å²) < 4.78 is 37.9. The number of sulfonamides is 1. The van der Waals surface area contributed by atoms with Gasteiger partial charge in [-0.25, -0.2) is 8.42 Å². The predicted molar refractivity (Wildman–Crippen MR) is 85.7 cm³/mol. The van der Waals surface area contributed by atoms with Crippen LogP contribution in [0, 0.1) is 6.92 Å². The molecule has 0 bridgehead atoms. The van der Waals surface area contributed by atoms with Crippen LogP contribution in [0.25, 0.3) is 0 Å². The Morgan fingerprint density at radius 3 is 2.36 bits per heavy atom. The minimum absolute atomic E-state index is 0.157. The van der Waals surface area contributed by atoms with Gasteiger partial charge in [-0.3, -0.25) is 0 Å². The van der Waals surface area contributed by atoms with Gasteiger partial charge in [-0.1, -0.05) is 0 Å². The van der Waals surface area contributed by atoms with Crippen LogP contribution in [0.15, 0.2) is 23.1 Å². The molecule has 2 rings (SSSR count). The highest BCUT2D eigenvalue weighted by Gasteiger charge is 2.30. The fourth-order valence-corrected chi connectivity index (χ4v) is 4.31. The zero-order valence-corrected chi connectivity index (χ0v) is 14.5. The molecule has 0 atom stereocenters. The summed E-state index contributed by atoms with van der Waals surface area (Å²) >= 11 is 0. The van der Waals surface area contributed by atoms with E-state index in [1.54, 1.807) is 29.6 Å². The van der Waals surface area contributed by atoms with Gasteiger partial charge >= 0.3 is 0 Å². The lowest BCUT2D eigenvalue weighted by Crippen LogP contribution is -2.41. The quantitative estimate of drug-likeness (QED) is 0.834. The molecule has 0 unspecified atom stereocenters. The van der Waals surface area contributed by atoms with Crippen molar-refractivity contribution in [2.75, 3.05) is 20.2 Å². The van der Waals surface area contributed by atoms with Crippen molar-refractivity contribution in [3.8, 4) is 5.75 Å². The van der Waals surface area contributed by atoms with Crippen LogP contribution >= 0.6 is 0 Å². The molecular weight excluding hydrogens is 302 g/mol. The number of aryl methyl sites for hydroxylation is 1. The van der Waals surface area contributed by atoms with Gasteiger partial charge in [0.05, 0.1) is 24.2 Å². The van der Waals surface area contributed by atoms with E-state index in [1.165, 1.54) is 0 Å². The standard InChI is InChI=1S/C16H25NO4S/c1-12(2)21-14-7-9-17(10-8-14)22(18,19)15-5-6-16(20-4)13(3)11-15/h5-6,11-12,14H,7-10H2,1-4H3. The van der Waals surface area contributed by atoms with Crippen LogP contribution < -0.4 is 4.74 Å². The normalized spacial score (nSPS) is 17.9. The van der Waals surface area contributed by atoms with Gasteiger partial charge in [0, 0.05) is 13.1 Å². The summed E-state index contributed by atoms with van der Waals surface area (Å²) in [7, 11) is -1.86. The molecule has 22 heavy (non-hydrogen) atoms. The van der Waals surface area contributed by atoms with Crippen LogP contribution in [0.5, 0.6) is 5.75 Å². The maximum Gasteiger partial charge on any atom is 0.243 e. The van der Waals surface area contributed by atoms with Crippen molar-refractivity contribution in [3.05, 3.63) is 23.8 Å². The second kappa shape index (κ2) is 6.98. The zero-order valence-electron chi connectivity index (χ0n) is 13.7. The Morgan fingerprint density at radius 1 is 1.23 bits per heavy atom. The summed E-state index contributed by atoms with van der Waals surface area (Å²) in [5.41, 5.74) is 0.821. The van der Waals surface area contributed by atoms with Crippen molar-refractivity contribution >= 4 is 10.0 Å². The summed E-state index contributed by atoms with van der Waals surface area (Å²) in [6.45, 7) is 6.86. The highest BCUT2D eigenvalue weighted by Crippen LogP contribution is 2.26. The third-order valence-corrected chi connectivity index (χ3v) is 5.76. The summed E-state index contributed by atoms with van der Waals surface area (Å²) in [6.07, 6.45) is 1.82. The molecule has 1 saturated heterocycles. The van der Waals surface area contributed by atoms with Crippen LogP contribution in [0.1, 0.15) is 32.3 Å². The molecule has 5 nitrogen and oxygen atoms in total. The first-order valence-electron chi connectivity index (χ1n) is 7.65. The molecule has 6 heteroatoms. The van der Waals surface area contributed by atoms with Crippen LogP contribution in [0.2, 0.25) is 0 Å². The van der Waals surface area contributed by atoms with E-state index in [0.717, 1.165) is 18.4 Å². The minimum atomic E-state index is -3.44. The molecule has 1 fully saturated rings. The Hall–Kier alpha value is -1.11. The van der Waals surface area contributed by atoms with E-state index in [1.807, 2.05) is 20.8 Å². The highest BCUT2D eigenvalue weighted by atomic mass is 32.2. The van der Waals surface area contributed by atoms with Crippen molar-refractivity contribution in [3.63, 3.8) is 0 Å². The van der Waals surface area contributed by atoms with Gasteiger partial charge in [0.25, 0.3) is 0 Å². The number of benzene rings is 1. The van der Waals surface area contributed by atoms with E-state index >= 15 is 0 Å². The third kappa shape index (κ3) is 3.80. The molecular formula is C16H25NO4S. The maximum absolute atomic E-state index is 12.7. The molecule has 0 N–H and O–H groups in total. The first-order valence-corrected chi connectivity index (χ1v) is 9.09. The monoisotopic (exact) mass is 327 g/mol. The van der Waals surface area contributed by atoms with Gasteiger partial charge in [0.15, 0.2) is 0 Å². The molecule has 124 valence electrons. The Labute approximate surface area is 133 Å². The fourth-order valence-electron chi connectivity index (χ4n) is 2.75. The molecule has 0 aliphatic carbocycles. The van der Waals surface area contributed by atoms with Crippen LogP contribution in [-0.2, 0) is 14.8 Å². The second-order valence-corrected chi connectivity index (χ2v) is 7.86. The molecule has 0 radical (unpaired) electrons. The lowest BCUT2D eigenvalue weighted by molar-refractivity contribution is -0.0168. The molecule has 1 aromatic carbocycles. The molecule has 1 aliphatic heterocycles. The molecule has 0 spiro atoms. The molecule has 1 aliphatic rings. The van der Waals surface area contributed by atoms with Crippen molar-refractivity contribution in [2.45, 2.75) is 50.7 Å². The van der Waals surface area contributed by atoms with Gasteiger partial charge in [-0.2, -0.15) is 4.31 Å². The van der Waals surface area contributed by atoms with Crippen molar-refractivity contribution < 1.29 is 17.9 Å². The topological polar surface area (TPSA) is 55.8 Å². The Balaban J connectivity index is 2.10. The van der Waals surface area contributed by atoms with Crippen LogP contribution in [-0.4, -0.2) is 45.1 Å². The third-order valence-electron chi connectivity index (χ3n) is 3.87.